The van der Waals surface area contributed by atoms with Crippen molar-refractivity contribution in [1.29, 1.82) is 0 Å². The fourth-order valence-electron chi connectivity index (χ4n) is 2.66. The molecule has 0 radical (unpaired) electrons. The van der Waals surface area contributed by atoms with Crippen LogP contribution in [-0.2, 0) is 4.79 Å². The van der Waals surface area contributed by atoms with E-state index in [1.54, 1.807) is 23.5 Å². The Labute approximate surface area is 137 Å². The molecule has 2 aromatic rings. The molecule has 1 fully saturated rings. The largest absolute Gasteiger partial charge is 0.508 e. The maximum absolute atomic E-state index is 12.3. The van der Waals surface area contributed by atoms with E-state index in [0.717, 1.165) is 0 Å². The molecular weight excluding hydrogens is 325 g/mol. The third kappa shape index (κ3) is 2.46. The van der Waals surface area contributed by atoms with Crippen molar-refractivity contribution in [2.24, 2.45) is 0 Å². The molecule has 1 aliphatic heterocycles. The lowest BCUT2D eigenvalue weighted by Crippen LogP contribution is -2.23. The van der Waals surface area contributed by atoms with E-state index >= 15 is 0 Å². The van der Waals surface area contributed by atoms with Gasteiger partial charge in [0.1, 0.15) is 5.75 Å². The summed E-state index contributed by atoms with van der Waals surface area (Å²) in [6, 6.07) is 3.03. The van der Waals surface area contributed by atoms with Gasteiger partial charge in [0.25, 0.3) is 0 Å². The zero-order chi connectivity index (χ0) is 15.9. The predicted molar refractivity (Wildman–Crippen MR) is 86.5 cm³/mol. The molecule has 1 amide bonds. The van der Waals surface area contributed by atoms with Crippen molar-refractivity contribution in [2.45, 2.75) is 12.3 Å². The number of aromatic nitrogens is 2. The number of rotatable bonds is 3. The molecule has 1 atom stereocenters. The SMILES string of the molecule is C=Cn1cc(N2C[C@@H](c3c(O)ccc(Cl)c3Cl)CC2=O)cn1. The molecule has 1 saturated heterocycles. The van der Waals surface area contributed by atoms with Gasteiger partial charge in [0.2, 0.25) is 5.91 Å². The number of amides is 1. The zero-order valence-corrected chi connectivity index (χ0v) is 13.1. The number of carbonyl (C=O) groups excluding carboxylic acids is 1. The molecule has 1 N–H and O–H groups in total. The molecule has 0 bridgehead atoms. The van der Waals surface area contributed by atoms with Gasteiger partial charge in [-0.25, -0.2) is 4.68 Å². The van der Waals surface area contributed by atoms with E-state index < -0.39 is 0 Å². The van der Waals surface area contributed by atoms with E-state index in [1.807, 2.05) is 0 Å². The van der Waals surface area contributed by atoms with E-state index in [0.29, 0.717) is 27.8 Å². The van der Waals surface area contributed by atoms with Crippen LogP contribution in [0.2, 0.25) is 10.0 Å². The van der Waals surface area contributed by atoms with Crippen molar-refractivity contribution in [2.75, 3.05) is 11.4 Å². The third-order valence-corrected chi connectivity index (χ3v) is 4.55. The number of aromatic hydroxyl groups is 1. The number of carbonyl (C=O) groups is 1. The van der Waals surface area contributed by atoms with Crippen LogP contribution < -0.4 is 4.90 Å². The molecule has 0 unspecified atom stereocenters. The molecular formula is C15H13Cl2N3O2. The maximum Gasteiger partial charge on any atom is 0.227 e. The topological polar surface area (TPSA) is 58.4 Å². The average Bonchev–Trinajstić information content (AvgIpc) is 3.10. The molecule has 2 heterocycles. The second-order valence-electron chi connectivity index (χ2n) is 5.06. The van der Waals surface area contributed by atoms with Gasteiger partial charge in [0.05, 0.1) is 28.1 Å². The number of hydrogen-bond acceptors (Lipinski definition) is 3. The number of benzene rings is 1. The van der Waals surface area contributed by atoms with Crippen LogP contribution >= 0.6 is 23.2 Å². The molecule has 7 heteroatoms. The number of phenols is 1. The highest BCUT2D eigenvalue weighted by atomic mass is 35.5. The molecule has 1 aromatic carbocycles. The molecule has 0 saturated carbocycles. The number of anilines is 1. The molecule has 114 valence electrons. The Bertz CT molecular complexity index is 757. The van der Waals surface area contributed by atoms with E-state index in [-0.39, 0.29) is 24.0 Å². The van der Waals surface area contributed by atoms with Crippen molar-refractivity contribution >= 4 is 41.0 Å². The minimum absolute atomic E-state index is 0.0517. The first kappa shape index (κ1) is 14.9. The van der Waals surface area contributed by atoms with E-state index in [9.17, 15) is 9.90 Å². The third-order valence-electron chi connectivity index (χ3n) is 3.73. The van der Waals surface area contributed by atoms with Gasteiger partial charge in [-0.3, -0.25) is 4.79 Å². The quantitative estimate of drug-likeness (QED) is 0.932. The standard InChI is InChI=1S/C15H13Cl2N3O2/c1-2-19-8-10(6-18-19)20-7-9(5-13(20)22)14-12(21)4-3-11(16)15(14)17/h2-4,6,8-9,21H,1,5,7H2/t9-/m0/s1. The Morgan fingerprint density at radius 1 is 1.41 bits per heavy atom. The molecule has 0 aliphatic carbocycles. The van der Waals surface area contributed by atoms with Gasteiger partial charge < -0.3 is 10.0 Å². The van der Waals surface area contributed by atoms with Crippen LogP contribution in [-0.4, -0.2) is 27.3 Å². The highest BCUT2D eigenvalue weighted by molar-refractivity contribution is 6.42. The smallest absolute Gasteiger partial charge is 0.227 e. The Morgan fingerprint density at radius 2 is 2.18 bits per heavy atom. The lowest BCUT2D eigenvalue weighted by molar-refractivity contribution is -0.117. The first-order valence-corrected chi connectivity index (χ1v) is 7.40. The zero-order valence-electron chi connectivity index (χ0n) is 11.5. The van der Waals surface area contributed by atoms with Gasteiger partial charge in [-0.05, 0) is 12.1 Å². The van der Waals surface area contributed by atoms with Gasteiger partial charge >= 0.3 is 0 Å². The summed E-state index contributed by atoms with van der Waals surface area (Å²) in [5.41, 5.74) is 1.20. The summed E-state index contributed by atoms with van der Waals surface area (Å²) in [6.07, 6.45) is 5.11. The van der Waals surface area contributed by atoms with Gasteiger partial charge in [-0.1, -0.05) is 29.8 Å². The summed E-state index contributed by atoms with van der Waals surface area (Å²) in [4.78, 5) is 13.9. The summed E-state index contributed by atoms with van der Waals surface area (Å²) in [6.45, 7) is 4.03. The Balaban J connectivity index is 1.92. The summed E-state index contributed by atoms with van der Waals surface area (Å²) < 4.78 is 1.53. The predicted octanol–water partition coefficient (Wildman–Crippen LogP) is 3.52. The van der Waals surface area contributed by atoms with Crippen LogP contribution in [0.5, 0.6) is 5.75 Å². The van der Waals surface area contributed by atoms with Crippen molar-refractivity contribution in [3.8, 4) is 5.75 Å². The van der Waals surface area contributed by atoms with Crippen LogP contribution in [0.15, 0.2) is 31.1 Å². The number of phenolic OH excluding ortho intramolecular Hbond substituents is 1. The lowest BCUT2D eigenvalue weighted by atomic mass is 9.97. The first-order valence-electron chi connectivity index (χ1n) is 6.65. The van der Waals surface area contributed by atoms with Crippen molar-refractivity contribution in [1.82, 2.24) is 9.78 Å². The second kappa shape index (κ2) is 5.66. The molecule has 3 rings (SSSR count). The molecule has 1 aliphatic rings. The highest BCUT2D eigenvalue weighted by Gasteiger charge is 2.35. The van der Waals surface area contributed by atoms with Gasteiger partial charge in [-0.2, -0.15) is 5.10 Å². The minimum Gasteiger partial charge on any atom is -0.508 e. The van der Waals surface area contributed by atoms with Gasteiger partial charge in [-0.15, -0.1) is 0 Å². The summed E-state index contributed by atoms with van der Waals surface area (Å²) in [5, 5.41) is 14.8. The number of halogens is 2. The van der Waals surface area contributed by atoms with E-state index in [2.05, 4.69) is 11.7 Å². The van der Waals surface area contributed by atoms with E-state index in [1.165, 1.54) is 16.8 Å². The first-order chi connectivity index (χ1) is 10.5. The number of nitrogens with zero attached hydrogens (tertiary/aromatic N) is 3. The molecule has 1 aromatic heterocycles. The minimum atomic E-state index is -0.217. The normalized spacial score (nSPS) is 18.0. The average molecular weight is 338 g/mol. The molecule has 0 spiro atoms. The number of hydrogen-bond donors (Lipinski definition) is 1. The Kier molecular flexibility index (Phi) is 3.85. The van der Waals surface area contributed by atoms with Crippen LogP contribution in [0.3, 0.4) is 0 Å². The van der Waals surface area contributed by atoms with Crippen molar-refractivity contribution in [3.63, 3.8) is 0 Å². The summed E-state index contributed by atoms with van der Waals surface area (Å²) in [7, 11) is 0. The Morgan fingerprint density at radius 3 is 2.86 bits per heavy atom. The van der Waals surface area contributed by atoms with Gasteiger partial charge in [0, 0.05) is 30.6 Å². The second-order valence-corrected chi connectivity index (χ2v) is 5.85. The Hall–Kier alpha value is -1.98. The van der Waals surface area contributed by atoms with Crippen molar-refractivity contribution < 1.29 is 9.90 Å². The molecule has 22 heavy (non-hydrogen) atoms. The summed E-state index contributed by atoms with van der Waals surface area (Å²) >= 11 is 12.2. The van der Waals surface area contributed by atoms with Crippen LogP contribution in [0.25, 0.3) is 6.20 Å². The lowest BCUT2D eigenvalue weighted by Gasteiger charge is -2.16. The fourth-order valence-corrected chi connectivity index (χ4v) is 3.14. The van der Waals surface area contributed by atoms with Crippen LogP contribution in [0, 0.1) is 0 Å². The van der Waals surface area contributed by atoms with E-state index in [4.69, 9.17) is 23.2 Å². The maximum atomic E-state index is 12.3. The fraction of sp³-hybridized carbons (Fsp3) is 0.200. The highest BCUT2D eigenvalue weighted by Crippen LogP contribution is 2.42. The summed E-state index contributed by atoms with van der Waals surface area (Å²) in [5.74, 6) is -0.217. The van der Waals surface area contributed by atoms with Crippen LogP contribution in [0.4, 0.5) is 5.69 Å². The monoisotopic (exact) mass is 337 g/mol. The van der Waals surface area contributed by atoms with Crippen molar-refractivity contribution in [3.05, 3.63) is 46.7 Å². The molecule has 5 nitrogen and oxygen atoms in total. The van der Waals surface area contributed by atoms with Crippen LogP contribution in [0.1, 0.15) is 17.9 Å². The van der Waals surface area contributed by atoms with Gasteiger partial charge in [0.15, 0.2) is 0 Å².